The molecule has 0 saturated carbocycles. The van der Waals surface area contributed by atoms with E-state index in [-0.39, 0.29) is 36.6 Å². The summed E-state index contributed by atoms with van der Waals surface area (Å²) in [7, 11) is 0. The molecule has 3 rings (SSSR count). The fourth-order valence-corrected chi connectivity index (χ4v) is 3.24. The molecule has 1 fully saturated rings. The SMILES string of the molecule is Cl.Cl.NC(Cc1ccccc1)C(=O)N1CCN(CC(=O)Nc2ccccc2)CC1. The van der Waals surface area contributed by atoms with Crippen molar-refractivity contribution in [3.05, 3.63) is 66.2 Å². The summed E-state index contributed by atoms with van der Waals surface area (Å²) in [6.45, 7) is 2.87. The summed E-state index contributed by atoms with van der Waals surface area (Å²) in [6, 6.07) is 18.7. The summed E-state index contributed by atoms with van der Waals surface area (Å²) in [5.74, 6) is -0.0611. The molecule has 0 aromatic heterocycles. The molecule has 2 aromatic carbocycles. The zero-order valence-electron chi connectivity index (χ0n) is 16.2. The molecule has 1 atom stereocenters. The molecule has 2 aromatic rings. The molecule has 158 valence electrons. The van der Waals surface area contributed by atoms with Crippen LogP contribution in [0.2, 0.25) is 0 Å². The molecular weight excluding hydrogens is 411 g/mol. The summed E-state index contributed by atoms with van der Waals surface area (Å²) in [4.78, 5) is 28.6. The Morgan fingerprint density at radius 3 is 2.03 bits per heavy atom. The Morgan fingerprint density at radius 2 is 1.45 bits per heavy atom. The molecule has 2 amide bonds. The summed E-state index contributed by atoms with van der Waals surface area (Å²) in [6.07, 6.45) is 0.541. The second kappa shape index (κ2) is 12.4. The van der Waals surface area contributed by atoms with Gasteiger partial charge in [0.2, 0.25) is 11.8 Å². The smallest absolute Gasteiger partial charge is 0.239 e. The molecule has 1 heterocycles. The van der Waals surface area contributed by atoms with Gasteiger partial charge >= 0.3 is 0 Å². The van der Waals surface area contributed by atoms with Crippen LogP contribution in [0.5, 0.6) is 0 Å². The van der Waals surface area contributed by atoms with E-state index in [0.717, 1.165) is 11.3 Å². The van der Waals surface area contributed by atoms with Gasteiger partial charge in [-0.3, -0.25) is 14.5 Å². The lowest BCUT2D eigenvalue weighted by Crippen LogP contribution is -2.54. The average molecular weight is 439 g/mol. The number of piperazine rings is 1. The minimum absolute atomic E-state index is 0. The van der Waals surface area contributed by atoms with E-state index in [1.54, 1.807) is 4.90 Å². The minimum atomic E-state index is -0.527. The van der Waals surface area contributed by atoms with Gasteiger partial charge in [0.15, 0.2) is 0 Å². The van der Waals surface area contributed by atoms with Crippen molar-refractivity contribution in [2.45, 2.75) is 12.5 Å². The Labute approximate surface area is 184 Å². The van der Waals surface area contributed by atoms with E-state index in [4.69, 9.17) is 5.73 Å². The monoisotopic (exact) mass is 438 g/mol. The van der Waals surface area contributed by atoms with Gasteiger partial charge in [-0.15, -0.1) is 24.8 Å². The van der Waals surface area contributed by atoms with Gasteiger partial charge in [0, 0.05) is 31.9 Å². The largest absolute Gasteiger partial charge is 0.339 e. The van der Waals surface area contributed by atoms with Crippen molar-refractivity contribution < 1.29 is 9.59 Å². The van der Waals surface area contributed by atoms with Gasteiger partial charge in [-0.05, 0) is 24.1 Å². The van der Waals surface area contributed by atoms with E-state index < -0.39 is 6.04 Å². The van der Waals surface area contributed by atoms with Crippen LogP contribution in [-0.4, -0.2) is 60.4 Å². The molecule has 3 N–H and O–H groups in total. The van der Waals surface area contributed by atoms with Gasteiger partial charge in [-0.25, -0.2) is 0 Å². The van der Waals surface area contributed by atoms with Crippen LogP contribution >= 0.6 is 24.8 Å². The Balaban J connectivity index is 0.00000210. The molecule has 0 spiro atoms. The molecule has 8 heteroatoms. The number of hydrogen-bond acceptors (Lipinski definition) is 4. The lowest BCUT2D eigenvalue weighted by atomic mass is 10.1. The van der Waals surface area contributed by atoms with Crippen molar-refractivity contribution in [1.29, 1.82) is 0 Å². The van der Waals surface area contributed by atoms with Crippen molar-refractivity contribution in [2.75, 3.05) is 38.0 Å². The molecule has 1 aliphatic heterocycles. The molecule has 0 bridgehead atoms. The highest BCUT2D eigenvalue weighted by Gasteiger charge is 2.26. The Kier molecular flexibility index (Phi) is 10.7. The maximum atomic E-state index is 12.6. The van der Waals surface area contributed by atoms with Crippen LogP contribution in [0.15, 0.2) is 60.7 Å². The van der Waals surface area contributed by atoms with Crippen LogP contribution in [0.25, 0.3) is 0 Å². The van der Waals surface area contributed by atoms with Crippen LogP contribution in [0, 0.1) is 0 Å². The first-order valence-corrected chi connectivity index (χ1v) is 9.27. The molecule has 1 unspecified atom stereocenters. The number of carbonyl (C=O) groups excluding carboxylic acids is 2. The highest BCUT2D eigenvalue weighted by molar-refractivity contribution is 5.92. The second-order valence-corrected chi connectivity index (χ2v) is 6.81. The van der Waals surface area contributed by atoms with Crippen molar-refractivity contribution in [3.63, 3.8) is 0 Å². The number of nitrogens with zero attached hydrogens (tertiary/aromatic N) is 2. The number of carbonyl (C=O) groups is 2. The topological polar surface area (TPSA) is 78.7 Å². The van der Waals surface area contributed by atoms with Crippen LogP contribution in [0.3, 0.4) is 0 Å². The third-order valence-electron chi connectivity index (χ3n) is 4.72. The van der Waals surface area contributed by atoms with E-state index in [0.29, 0.717) is 39.1 Å². The maximum Gasteiger partial charge on any atom is 0.239 e. The maximum absolute atomic E-state index is 12.6. The van der Waals surface area contributed by atoms with Gasteiger partial charge in [-0.1, -0.05) is 48.5 Å². The molecule has 6 nitrogen and oxygen atoms in total. The van der Waals surface area contributed by atoms with Gasteiger partial charge in [0.25, 0.3) is 0 Å². The fourth-order valence-electron chi connectivity index (χ4n) is 3.24. The molecule has 0 radical (unpaired) electrons. The molecular formula is C21H28Cl2N4O2. The quantitative estimate of drug-likeness (QED) is 0.724. The predicted octanol–water partition coefficient (Wildman–Crippen LogP) is 2.18. The van der Waals surface area contributed by atoms with Gasteiger partial charge in [-0.2, -0.15) is 0 Å². The number of para-hydroxylation sites is 1. The van der Waals surface area contributed by atoms with Crippen LogP contribution in [0.4, 0.5) is 5.69 Å². The minimum Gasteiger partial charge on any atom is -0.339 e. The first-order chi connectivity index (χ1) is 13.1. The fraction of sp³-hybridized carbons (Fsp3) is 0.333. The number of rotatable bonds is 6. The number of benzene rings is 2. The summed E-state index contributed by atoms with van der Waals surface area (Å²) in [5.41, 5.74) is 7.97. The summed E-state index contributed by atoms with van der Waals surface area (Å²) >= 11 is 0. The first kappa shape index (κ1) is 24.9. The third-order valence-corrected chi connectivity index (χ3v) is 4.72. The van der Waals surface area contributed by atoms with E-state index in [9.17, 15) is 9.59 Å². The lowest BCUT2D eigenvalue weighted by Gasteiger charge is -2.35. The highest BCUT2D eigenvalue weighted by Crippen LogP contribution is 2.09. The zero-order valence-corrected chi connectivity index (χ0v) is 17.8. The lowest BCUT2D eigenvalue weighted by molar-refractivity contribution is -0.134. The summed E-state index contributed by atoms with van der Waals surface area (Å²) < 4.78 is 0. The third kappa shape index (κ3) is 7.66. The normalized spacial score (nSPS) is 14.9. The Bertz CT molecular complexity index is 754. The predicted molar refractivity (Wildman–Crippen MR) is 121 cm³/mol. The average Bonchev–Trinajstić information content (AvgIpc) is 2.69. The van der Waals surface area contributed by atoms with Crippen molar-refractivity contribution in [2.24, 2.45) is 5.73 Å². The molecule has 1 saturated heterocycles. The second-order valence-electron chi connectivity index (χ2n) is 6.81. The van der Waals surface area contributed by atoms with Crippen LogP contribution in [0.1, 0.15) is 5.56 Å². The number of nitrogens with one attached hydrogen (secondary N) is 1. The van der Waals surface area contributed by atoms with Crippen molar-refractivity contribution in [1.82, 2.24) is 9.80 Å². The van der Waals surface area contributed by atoms with E-state index in [1.807, 2.05) is 60.7 Å². The van der Waals surface area contributed by atoms with Crippen LogP contribution < -0.4 is 11.1 Å². The number of hydrogen-bond donors (Lipinski definition) is 2. The van der Waals surface area contributed by atoms with Crippen LogP contribution in [-0.2, 0) is 16.0 Å². The molecule has 29 heavy (non-hydrogen) atoms. The van der Waals surface area contributed by atoms with Crippen molar-refractivity contribution in [3.8, 4) is 0 Å². The van der Waals surface area contributed by atoms with E-state index in [1.165, 1.54) is 0 Å². The molecule has 1 aliphatic rings. The number of nitrogens with two attached hydrogens (primary N) is 1. The van der Waals surface area contributed by atoms with Crippen molar-refractivity contribution >= 4 is 42.3 Å². The standard InChI is InChI=1S/C21H26N4O2.2ClH/c22-19(15-17-7-3-1-4-8-17)21(27)25-13-11-24(12-14-25)16-20(26)23-18-9-5-2-6-10-18;;/h1-10,19H,11-16,22H2,(H,23,26);2*1H. The number of anilines is 1. The van der Waals surface area contributed by atoms with E-state index in [2.05, 4.69) is 10.2 Å². The Morgan fingerprint density at radius 1 is 0.897 bits per heavy atom. The summed E-state index contributed by atoms with van der Waals surface area (Å²) in [5, 5.41) is 2.89. The van der Waals surface area contributed by atoms with Gasteiger partial charge in [0.05, 0.1) is 12.6 Å². The number of amides is 2. The van der Waals surface area contributed by atoms with E-state index >= 15 is 0 Å². The molecule has 0 aliphatic carbocycles. The van der Waals surface area contributed by atoms with Gasteiger partial charge < -0.3 is 16.0 Å². The highest BCUT2D eigenvalue weighted by atomic mass is 35.5. The Hall–Kier alpha value is -2.12. The van der Waals surface area contributed by atoms with Gasteiger partial charge in [0.1, 0.15) is 0 Å². The number of halogens is 2. The first-order valence-electron chi connectivity index (χ1n) is 9.27. The zero-order chi connectivity index (χ0) is 19.1.